The van der Waals surface area contributed by atoms with Gasteiger partial charge < -0.3 is 19.7 Å². The van der Waals surface area contributed by atoms with Crippen LogP contribution in [-0.4, -0.2) is 77.6 Å². The maximum atomic E-state index is 13.5. The topological polar surface area (TPSA) is 88.2 Å². The van der Waals surface area contributed by atoms with Crippen molar-refractivity contribution in [3.05, 3.63) is 57.6 Å². The van der Waals surface area contributed by atoms with E-state index in [9.17, 15) is 13.2 Å². The number of ether oxygens (including phenoxy) is 2. The third-order valence-electron chi connectivity index (χ3n) is 10.3. The van der Waals surface area contributed by atoms with Gasteiger partial charge in [-0.2, -0.15) is 4.31 Å². The molecule has 2 fully saturated rings. The molecule has 0 bridgehead atoms. The Bertz CT molecular complexity index is 1400. The van der Waals surface area contributed by atoms with Gasteiger partial charge in [0, 0.05) is 37.3 Å². The Morgan fingerprint density at radius 3 is 2.22 bits per heavy atom. The van der Waals surface area contributed by atoms with Crippen LogP contribution in [-0.2, 0) is 19.6 Å². The van der Waals surface area contributed by atoms with Crippen LogP contribution in [0.3, 0.4) is 0 Å². The van der Waals surface area contributed by atoms with E-state index in [0.29, 0.717) is 66.2 Å². The summed E-state index contributed by atoms with van der Waals surface area (Å²) >= 11 is 6.12. The highest BCUT2D eigenvalue weighted by atomic mass is 35.5. The molecule has 1 saturated heterocycles. The van der Waals surface area contributed by atoms with E-state index in [0.717, 1.165) is 41.8 Å². The number of nitrogens with one attached hydrogen (secondary N) is 1. The summed E-state index contributed by atoms with van der Waals surface area (Å²) in [6.07, 6.45) is 8.17. The summed E-state index contributed by atoms with van der Waals surface area (Å²) in [4.78, 5) is 15.1. The molecular weight excluding hydrogens is 622 g/mol. The number of hydrogen-bond acceptors (Lipinski definition) is 6. The fraction of sp³-hybridized carbons (Fsp3) is 0.639. The van der Waals surface area contributed by atoms with Crippen LogP contribution in [0.5, 0.6) is 5.75 Å². The number of methoxy groups -OCH3 is 1. The van der Waals surface area contributed by atoms with Gasteiger partial charge in [0.15, 0.2) is 0 Å². The van der Waals surface area contributed by atoms with Gasteiger partial charge >= 0.3 is 0 Å². The second kappa shape index (κ2) is 16.8. The lowest BCUT2D eigenvalue weighted by atomic mass is 9.75. The van der Waals surface area contributed by atoms with Crippen molar-refractivity contribution in [2.45, 2.75) is 83.1 Å². The lowest BCUT2D eigenvalue weighted by Crippen LogP contribution is -2.39. The number of sulfonamides is 1. The molecule has 0 spiro atoms. The molecule has 2 aromatic rings. The Morgan fingerprint density at radius 1 is 0.978 bits per heavy atom. The van der Waals surface area contributed by atoms with Gasteiger partial charge in [0.05, 0.1) is 12.0 Å². The van der Waals surface area contributed by atoms with Crippen molar-refractivity contribution in [3.8, 4) is 5.75 Å². The van der Waals surface area contributed by atoms with Crippen molar-refractivity contribution in [2.24, 2.45) is 17.8 Å². The first-order valence-electron chi connectivity index (χ1n) is 16.8. The predicted molar refractivity (Wildman–Crippen MR) is 185 cm³/mol. The average molecular weight is 676 g/mol. The molecule has 0 aromatic heterocycles. The third-order valence-corrected chi connectivity index (χ3v) is 12.7. The predicted octanol–water partition coefficient (Wildman–Crippen LogP) is 6.70. The van der Waals surface area contributed by atoms with E-state index in [2.05, 4.69) is 36.4 Å². The lowest BCUT2D eigenvalue weighted by Gasteiger charge is -2.37. The fourth-order valence-electron chi connectivity index (χ4n) is 7.52. The number of aryl methyl sites for hydroxylation is 1. The molecule has 46 heavy (non-hydrogen) atoms. The Kier molecular flexibility index (Phi) is 13.4. The number of benzene rings is 2. The first-order chi connectivity index (χ1) is 21.9. The van der Waals surface area contributed by atoms with Crippen molar-refractivity contribution < 1.29 is 22.7 Å². The van der Waals surface area contributed by atoms with Gasteiger partial charge in [-0.25, -0.2) is 8.42 Å². The summed E-state index contributed by atoms with van der Waals surface area (Å²) in [7, 11) is 2.34. The van der Waals surface area contributed by atoms with Crippen molar-refractivity contribution in [3.63, 3.8) is 0 Å². The van der Waals surface area contributed by atoms with Crippen molar-refractivity contribution in [2.75, 3.05) is 54.1 Å². The summed E-state index contributed by atoms with van der Waals surface area (Å²) in [6.45, 7) is 7.84. The Balaban J connectivity index is 1.10. The van der Waals surface area contributed by atoms with E-state index >= 15 is 0 Å². The number of rotatable bonds is 14. The molecule has 4 rings (SSSR count). The SMILES string of the molecule is COc1cc(C)c(S(=O)(=O)N2CCC(CCOCC(=O)NCCC3CCC(C(c4ccc(Cl)cc4)N(C)C)CC3)CC2)c(C)c1C. The van der Waals surface area contributed by atoms with Gasteiger partial charge in [-0.1, -0.05) is 36.6 Å². The molecule has 0 radical (unpaired) electrons. The van der Waals surface area contributed by atoms with E-state index in [1.165, 1.54) is 31.2 Å². The van der Waals surface area contributed by atoms with Crippen LogP contribution in [0.2, 0.25) is 5.02 Å². The second-order valence-corrected chi connectivity index (χ2v) is 15.9. The van der Waals surface area contributed by atoms with Gasteiger partial charge in [0.1, 0.15) is 12.4 Å². The van der Waals surface area contributed by atoms with Crippen LogP contribution >= 0.6 is 11.6 Å². The molecule has 1 aliphatic carbocycles. The molecule has 1 aliphatic heterocycles. The molecule has 1 unspecified atom stereocenters. The van der Waals surface area contributed by atoms with Crippen LogP contribution in [0, 0.1) is 38.5 Å². The highest BCUT2D eigenvalue weighted by Gasteiger charge is 2.33. The molecule has 2 aliphatic rings. The normalized spacial score (nSPS) is 20.5. The average Bonchev–Trinajstić information content (AvgIpc) is 3.03. The standard InChI is InChI=1S/C36H54ClN3O5S/c1-25-23-33(44-6)26(2)27(3)36(25)46(42,43)40-20-16-29(17-21-40)18-22-45-24-34(41)38-19-15-28-7-9-30(10-8-28)35(39(4)5)31-11-13-32(37)14-12-31/h11-14,23,28-30,35H,7-10,15-22,24H2,1-6H3,(H,38,41). The van der Waals surface area contributed by atoms with E-state index in [4.69, 9.17) is 21.1 Å². The van der Waals surface area contributed by atoms with Gasteiger partial charge in [-0.15, -0.1) is 0 Å². The van der Waals surface area contributed by atoms with Gasteiger partial charge in [0.2, 0.25) is 15.9 Å². The molecule has 10 heteroatoms. The summed E-state index contributed by atoms with van der Waals surface area (Å²) < 4.78 is 39.8. The summed E-state index contributed by atoms with van der Waals surface area (Å²) in [5.74, 6) is 2.30. The van der Waals surface area contributed by atoms with Crippen molar-refractivity contribution in [1.29, 1.82) is 0 Å². The van der Waals surface area contributed by atoms with Crippen LogP contribution in [0.25, 0.3) is 0 Å². The molecule has 256 valence electrons. The number of piperidine rings is 1. The van der Waals surface area contributed by atoms with Crippen LogP contribution < -0.4 is 10.1 Å². The fourth-order valence-corrected chi connectivity index (χ4v) is 9.61. The summed E-state index contributed by atoms with van der Waals surface area (Å²) in [5, 5.41) is 3.82. The quantitative estimate of drug-likeness (QED) is 0.224. The molecular formula is C36H54ClN3O5S. The molecule has 2 aromatic carbocycles. The summed E-state index contributed by atoms with van der Waals surface area (Å²) in [5.41, 5.74) is 3.65. The minimum Gasteiger partial charge on any atom is -0.496 e. The Morgan fingerprint density at radius 2 is 1.61 bits per heavy atom. The monoisotopic (exact) mass is 675 g/mol. The Hall–Kier alpha value is -2.17. The van der Waals surface area contributed by atoms with Crippen LogP contribution in [0.4, 0.5) is 0 Å². The highest BCUT2D eigenvalue weighted by molar-refractivity contribution is 7.89. The third kappa shape index (κ3) is 9.25. The van der Waals surface area contributed by atoms with Gasteiger partial charge in [-0.05, 0) is 132 Å². The van der Waals surface area contributed by atoms with E-state index in [1.54, 1.807) is 11.4 Å². The lowest BCUT2D eigenvalue weighted by molar-refractivity contribution is -0.125. The van der Waals surface area contributed by atoms with Crippen LogP contribution in [0.15, 0.2) is 35.2 Å². The van der Waals surface area contributed by atoms with E-state index in [1.807, 2.05) is 39.0 Å². The first kappa shape index (κ1) is 36.7. The number of amides is 1. The van der Waals surface area contributed by atoms with Gasteiger partial charge in [-0.3, -0.25) is 4.79 Å². The number of carbonyl (C=O) groups excluding carboxylic acids is 1. The first-order valence-corrected chi connectivity index (χ1v) is 18.6. The molecule has 1 heterocycles. The maximum absolute atomic E-state index is 13.5. The van der Waals surface area contributed by atoms with Gasteiger partial charge in [0.25, 0.3) is 0 Å². The largest absolute Gasteiger partial charge is 0.496 e. The zero-order valence-electron chi connectivity index (χ0n) is 28.6. The zero-order valence-corrected chi connectivity index (χ0v) is 30.2. The van der Waals surface area contributed by atoms with E-state index < -0.39 is 10.0 Å². The molecule has 8 nitrogen and oxygen atoms in total. The Labute approximate surface area is 282 Å². The van der Waals surface area contributed by atoms with Crippen LogP contribution in [0.1, 0.15) is 79.7 Å². The zero-order chi connectivity index (χ0) is 33.4. The maximum Gasteiger partial charge on any atom is 0.245 e. The molecule has 1 saturated carbocycles. The number of carbonyl (C=O) groups is 1. The second-order valence-electron chi connectivity index (χ2n) is 13.5. The smallest absolute Gasteiger partial charge is 0.245 e. The highest BCUT2D eigenvalue weighted by Crippen LogP contribution is 2.40. The van der Waals surface area contributed by atoms with Crippen molar-refractivity contribution >= 4 is 27.5 Å². The number of hydrogen-bond donors (Lipinski definition) is 1. The minimum absolute atomic E-state index is 0.0643. The molecule has 1 atom stereocenters. The summed E-state index contributed by atoms with van der Waals surface area (Å²) in [6, 6.07) is 10.5. The molecule has 1 N–H and O–H groups in total. The van der Waals surface area contributed by atoms with E-state index in [-0.39, 0.29) is 12.5 Å². The minimum atomic E-state index is -3.58. The number of nitrogens with zero attached hydrogens (tertiary/aromatic N) is 2. The number of halogens is 1. The van der Waals surface area contributed by atoms with Crippen molar-refractivity contribution in [1.82, 2.24) is 14.5 Å². The molecule has 1 amide bonds.